The molecule has 35 heavy (non-hydrogen) atoms. The molecule has 2 atom stereocenters. The monoisotopic (exact) mass is 598 g/mol. The van der Waals surface area contributed by atoms with Crippen molar-refractivity contribution < 1.29 is 20.6 Å². The number of hydrogen-bond acceptors (Lipinski definition) is 5. The van der Waals surface area contributed by atoms with Crippen LogP contribution in [0.2, 0.25) is 89.6 Å². The average Bonchev–Trinajstić information content (AvgIpc) is 2.47. The van der Waals surface area contributed by atoms with Crippen molar-refractivity contribution in [3.63, 3.8) is 0 Å². The largest absolute Gasteiger partial charge is 0.436 e. The molecule has 0 aliphatic heterocycles. The quantitative estimate of drug-likeness (QED) is 0.166. The van der Waals surface area contributed by atoms with E-state index < -0.39 is 50.9 Å². The molecule has 0 aliphatic rings. The van der Waals surface area contributed by atoms with E-state index in [1.165, 1.54) is 0 Å². The molecule has 0 bridgehead atoms. The number of hydrogen-bond donors (Lipinski definition) is 0. The zero-order chi connectivity index (χ0) is 28.3. The Morgan fingerprint density at radius 3 is 0.771 bits per heavy atom. The summed E-state index contributed by atoms with van der Waals surface area (Å²) in [5.41, 5.74) is 1.24. The average molecular weight is 599 g/mol. The molecular formula is C24H62O5Si6. The van der Waals surface area contributed by atoms with E-state index in [9.17, 15) is 0 Å². The highest BCUT2D eigenvalue weighted by molar-refractivity contribution is 6.91. The van der Waals surface area contributed by atoms with Gasteiger partial charge in [-0.15, -0.1) is 0 Å². The van der Waals surface area contributed by atoms with Gasteiger partial charge in [-0.3, -0.25) is 0 Å². The van der Waals surface area contributed by atoms with E-state index >= 15 is 0 Å². The molecule has 0 rings (SSSR count). The molecule has 11 heteroatoms. The highest BCUT2D eigenvalue weighted by Crippen LogP contribution is 2.38. The van der Waals surface area contributed by atoms with Gasteiger partial charge in [0.2, 0.25) is 0 Å². The Morgan fingerprint density at radius 1 is 0.400 bits per heavy atom. The first kappa shape index (κ1) is 36.1. The van der Waals surface area contributed by atoms with Crippen molar-refractivity contribution in [1.82, 2.24) is 0 Å². The van der Waals surface area contributed by atoms with Crippen molar-refractivity contribution >= 4 is 50.9 Å². The lowest BCUT2D eigenvalue weighted by Crippen LogP contribution is -2.60. The molecule has 0 N–H and O–H groups in total. The van der Waals surface area contributed by atoms with Gasteiger partial charge >= 0.3 is 34.2 Å². The Balaban J connectivity index is 5.45. The second kappa shape index (κ2) is 13.0. The Kier molecular flexibility index (Phi) is 13.4. The van der Waals surface area contributed by atoms with Gasteiger partial charge in [-0.2, -0.15) is 0 Å². The minimum absolute atomic E-state index is 0.618. The second-order valence-electron chi connectivity index (χ2n) is 13.8. The van der Waals surface area contributed by atoms with Crippen LogP contribution in [0, 0.1) is 11.8 Å². The predicted octanol–water partition coefficient (Wildman–Crippen LogP) is 9.16. The lowest BCUT2D eigenvalue weighted by molar-refractivity contribution is 0.277. The SMILES string of the molecule is CCC(C(C)C)[Si](C)(C)O[Si](C)(C)O[Si](C)(C)O[Si](C)(C)O[Si](C)(C)O[Si](C)(C)C(CC)C(C)C. The molecule has 5 nitrogen and oxygen atoms in total. The van der Waals surface area contributed by atoms with Crippen LogP contribution < -0.4 is 0 Å². The lowest BCUT2D eigenvalue weighted by atomic mass is 10.1. The Labute approximate surface area is 226 Å². The van der Waals surface area contributed by atoms with Gasteiger partial charge in [0.1, 0.15) is 0 Å². The van der Waals surface area contributed by atoms with Crippen molar-refractivity contribution in [2.24, 2.45) is 11.8 Å². The van der Waals surface area contributed by atoms with Gasteiger partial charge in [-0.1, -0.05) is 54.4 Å². The minimum Gasteiger partial charge on any atom is -0.436 e. The third-order valence-corrected chi connectivity index (χ3v) is 32.4. The molecule has 0 aromatic rings. The third kappa shape index (κ3) is 12.7. The molecule has 0 amide bonds. The maximum atomic E-state index is 6.89. The van der Waals surface area contributed by atoms with Gasteiger partial charge < -0.3 is 20.6 Å². The normalized spacial score (nSPS) is 16.8. The fraction of sp³-hybridized carbons (Fsp3) is 1.00. The molecular weight excluding hydrogens is 537 g/mol. The first-order valence-corrected chi connectivity index (χ1v) is 31.1. The molecule has 0 spiro atoms. The van der Waals surface area contributed by atoms with Crippen LogP contribution in [-0.4, -0.2) is 50.9 Å². The van der Waals surface area contributed by atoms with Gasteiger partial charge in [-0.05, 0) is 101 Å². The van der Waals surface area contributed by atoms with Gasteiger partial charge in [0.25, 0.3) is 0 Å². The minimum atomic E-state index is -2.48. The van der Waals surface area contributed by atoms with Gasteiger partial charge in [-0.25, -0.2) is 0 Å². The summed E-state index contributed by atoms with van der Waals surface area (Å²) in [6, 6.07) is 0. The van der Waals surface area contributed by atoms with Gasteiger partial charge in [0, 0.05) is 0 Å². The lowest BCUT2D eigenvalue weighted by Gasteiger charge is -2.45. The first-order valence-electron chi connectivity index (χ1n) is 13.8. The summed E-state index contributed by atoms with van der Waals surface area (Å²) in [5, 5.41) is 0. The number of rotatable bonds is 16. The Bertz CT molecular complexity index is 596. The van der Waals surface area contributed by atoms with E-state index in [1.807, 2.05) is 0 Å². The van der Waals surface area contributed by atoms with Crippen LogP contribution in [0.4, 0.5) is 0 Å². The molecule has 0 aliphatic carbocycles. The summed E-state index contributed by atoms with van der Waals surface area (Å²) in [7, 11) is -13.5. The van der Waals surface area contributed by atoms with Crippen LogP contribution >= 0.6 is 0 Å². The zero-order valence-electron chi connectivity index (χ0n) is 26.8. The molecule has 212 valence electrons. The second-order valence-corrected chi connectivity index (χ2v) is 37.0. The van der Waals surface area contributed by atoms with Crippen LogP contribution in [-0.2, 0) is 20.6 Å². The fourth-order valence-corrected chi connectivity index (χ4v) is 39.7. The van der Waals surface area contributed by atoms with Crippen molar-refractivity contribution in [3.8, 4) is 0 Å². The van der Waals surface area contributed by atoms with E-state index in [4.69, 9.17) is 20.6 Å². The molecule has 0 saturated carbocycles. The van der Waals surface area contributed by atoms with Crippen molar-refractivity contribution in [2.75, 3.05) is 0 Å². The Morgan fingerprint density at radius 2 is 0.600 bits per heavy atom. The topological polar surface area (TPSA) is 46.2 Å². The van der Waals surface area contributed by atoms with E-state index in [0.29, 0.717) is 22.9 Å². The molecule has 0 radical (unpaired) electrons. The predicted molar refractivity (Wildman–Crippen MR) is 168 cm³/mol. The van der Waals surface area contributed by atoms with E-state index in [1.54, 1.807) is 0 Å². The molecule has 2 unspecified atom stereocenters. The maximum absolute atomic E-state index is 6.89. The highest BCUT2D eigenvalue weighted by atomic mass is 28.5. The summed E-state index contributed by atoms with van der Waals surface area (Å²) >= 11 is 0. The van der Waals surface area contributed by atoms with E-state index in [2.05, 4.69) is 120 Å². The fourth-order valence-electron chi connectivity index (χ4n) is 6.81. The molecule has 0 aromatic carbocycles. The zero-order valence-corrected chi connectivity index (χ0v) is 32.8. The summed E-state index contributed by atoms with van der Waals surface area (Å²) in [6.07, 6.45) is 2.31. The van der Waals surface area contributed by atoms with Gasteiger partial charge in [0.05, 0.1) is 0 Å². The van der Waals surface area contributed by atoms with Crippen LogP contribution in [0.25, 0.3) is 0 Å². The summed E-state index contributed by atoms with van der Waals surface area (Å²) in [6.45, 7) is 40.6. The van der Waals surface area contributed by atoms with Crippen LogP contribution in [0.15, 0.2) is 0 Å². The molecule has 0 aromatic heterocycles. The smallest absolute Gasteiger partial charge is 0.314 e. The van der Waals surface area contributed by atoms with Crippen molar-refractivity contribution in [2.45, 2.75) is 144 Å². The summed E-state index contributed by atoms with van der Waals surface area (Å²) < 4.78 is 34.1. The highest BCUT2D eigenvalue weighted by Gasteiger charge is 2.49. The summed E-state index contributed by atoms with van der Waals surface area (Å²) in [5.74, 6) is 1.24. The molecule has 0 fully saturated rings. The van der Waals surface area contributed by atoms with Crippen molar-refractivity contribution in [3.05, 3.63) is 0 Å². The van der Waals surface area contributed by atoms with Crippen LogP contribution in [0.3, 0.4) is 0 Å². The maximum Gasteiger partial charge on any atom is 0.314 e. The molecule has 0 saturated heterocycles. The molecule has 0 heterocycles. The Hall–Kier alpha value is 1.10. The van der Waals surface area contributed by atoms with Crippen molar-refractivity contribution in [1.29, 1.82) is 0 Å². The first-order chi connectivity index (χ1) is 15.3. The third-order valence-electron chi connectivity index (χ3n) is 6.77. The van der Waals surface area contributed by atoms with E-state index in [0.717, 1.165) is 12.8 Å². The summed E-state index contributed by atoms with van der Waals surface area (Å²) in [4.78, 5) is 0. The van der Waals surface area contributed by atoms with E-state index in [-0.39, 0.29) is 0 Å². The van der Waals surface area contributed by atoms with Gasteiger partial charge in [0.15, 0.2) is 16.6 Å². The van der Waals surface area contributed by atoms with Crippen LogP contribution in [0.5, 0.6) is 0 Å². The van der Waals surface area contributed by atoms with Crippen LogP contribution in [0.1, 0.15) is 54.4 Å². The standard InChI is InChI=1S/C24H62O5Si6/c1-19-23(21(3)4)30(7,8)25-32(11,12)27-34(15,16)29-35(17,18)28-33(13,14)26-31(9,10)24(20-2)22(5)6/h21-24H,19-20H2,1-18H3.